The van der Waals surface area contributed by atoms with Crippen molar-refractivity contribution >= 4 is 27.5 Å². The van der Waals surface area contributed by atoms with Gasteiger partial charge in [-0.1, -0.05) is 13.0 Å². The molecule has 8 nitrogen and oxygen atoms in total. The van der Waals surface area contributed by atoms with Crippen LogP contribution in [0.3, 0.4) is 0 Å². The van der Waals surface area contributed by atoms with Crippen LogP contribution in [0.2, 0.25) is 0 Å². The lowest BCUT2D eigenvalue weighted by molar-refractivity contribution is 0.107. The number of aliphatic hydroxyl groups excluding tert-OH is 1. The summed E-state index contributed by atoms with van der Waals surface area (Å²) in [7, 11) is 0. The number of benzene rings is 2. The Morgan fingerprint density at radius 3 is 2.80 bits per heavy atom. The normalized spacial score (nSPS) is 24.2. The fraction of sp³-hybridized carbons (Fsp3) is 0.485. The molecule has 3 aliphatic rings. The molecule has 0 spiro atoms. The summed E-state index contributed by atoms with van der Waals surface area (Å²) in [5, 5.41) is 22.5. The van der Waals surface area contributed by atoms with E-state index in [9.17, 15) is 19.0 Å². The van der Waals surface area contributed by atoms with Gasteiger partial charge in [-0.25, -0.2) is 13.2 Å². The maximum absolute atomic E-state index is 16.7. The van der Waals surface area contributed by atoms with Crippen molar-refractivity contribution in [1.29, 1.82) is 0 Å². The molecule has 3 atom stereocenters. The first kappa shape index (κ1) is 29.0. The van der Waals surface area contributed by atoms with E-state index in [-0.39, 0.29) is 35.1 Å². The number of aliphatic hydroxyl groups is 1. The Balaban J connectivity index is 1.38. The molecule has 2 N–H and O–H groups in total. The second-order valence-electron chi connectivity index (χ2n) is 12.4. The van der Waals surface area contributed by atoms with Crippen LogP contribution in [0.25, 0.3) is 32.9 Å². The van der Waals surface area contributed by atoms with Gasteiger partial charge in [0.1, 0.15) is 41.4 Å². The van der Waals surface area contributed by atoms with Crippen molar-refractivity contribution in [2.45, 2.75) is 69.7 Å². The summed E-state index contributed by atoms with van der Waals surface area (Å²) in [6, 6.07) is 5.77. The molecule has 0 saturated carbocycles. The molecule has 5 heterocycles. The topological polar surface area (TPSA) is 94.8 Å². The van der Waals surface area contributed by atoms with Crippen LogP contribution in [-0.2, 0) is 6.42 Å². The van der Waals surface area contributed by atoms with Crippen LogP contribution < -0.4 is 9.64 Å². The summed E-state index contributed by atoms with van der Waals surface area (Å²) in [5.74, 6) is -0.872. The number of nitrogens with zero attached hydrogens (tertiary/aromatic N) is 5. The number of hydrogen-bond donors (Lipinski definition) is 2. The van der Waals surface area contributed by atoms with Gasteiger partial charge in [0.2, 0.25) is 0 Å². The minimum Gasteiger partial charge on any atom is -0.508 e. The summed E-state index contributed by atoms with van der Waals surface area (Å²) in [6.45, 7) is 4.09. The highest BCUT2D eigenvalue weighted by Gasteiger charge is 2.49. The molecule has 232 valence electrons. The fourth-order valence-electron chi connectivity index (χ4n) is 7.51. The Kier molecular flexibility index (Phi) is 7.48. The highest BCUT2D eigenvalue weighted by molar-refractivity contribution is 6.01. The van der Waals surface area contributed by atoms with E-state index in [2.05, 4.69) is 14.9 Å². The number of halogens is 3. The summed E-state index contributed by atoms with van der Waals surface area (Å²) in [5.41, 5.74) is 0.0914. The van der Waals surface area contributed by atoms with Gasteiger partial charge in [0.25, 0.3) is 0 Å². The summed E-state index contributed by atoms with van der Waals surface area (Å²) in [6.07, 6.45) is 4.81. The molecule has 3 saturated heterocycles. The van der Waals surface area contributed by atoms with Gasteiger partial charge in [0, 0.05) is 37.8 Å². The van der Waals surface area contributed by atoms with Crippen molar-refractivity contribution in [1.82, 2.24) is 19.9 Å². The summed E-state index contributed by atoms with van der Waals surface area (Å²) >= 11 is 0. The Morgan fingerprint density at radius 2 is 1.95 bits per heavy atom. The molecule has 0 amide bonds. The van der Waals surface area contributed by atoms with Crippen molar-refractivity contribution in [3.8, 4) is 23.0 Å². The lowest BCUT2D eigenvalue weighted by Crippen LogP contribution is -2.43. The van der Waals surface area contributed by atoms with Crippen LogP contribution in [0, 0.1) is 11.6 Å². The highest BCUT2D eigenvalue weighted by atomic mass is 19.1. The molecule has 2 aromatic heterocycles. The molecule has 3 fully saturated rings. The van der Waals surface area contributed by atoms with Gasteiger partial charge in [-0.3, -0.25) is 9.88 Å². The molecule has 44 heavy (non-hydrogen) atoms. The van der Waals surface area contributed by atoms with Crippen LogP contribution in [0.15, 0.2) is 30.5 Å². The van der Waals surface area contributed by atoms with Crippen molar-refractivity contribution in [2.24, 2.45) is 0 Å². The number of β-amino-alcohol motifs (C(OH)–C–C–N with tert-alkyl or cyclic N) is 1. The third kappa shape index (κ3) is 4.99. The number of anilines is 1. The second-order valence-corrected chi connectivity index (χ2v) is 12.4. The van der Waals surface area contributed by atoms with Crippen LogP contribution in [-0.4, -0.2) is 80.7 Å². The summed E-state index contributed by atoms with van der Waals surface area (Å²) in [4.78, 5) is 17.8. The molecule has 3 aliphatic heterocycles. The van der Waals surface area contributed by atoms with E-state index in [0.717, 1.165) is 32.2 Å². The van der Waals surface area contributed by atoms with E-state index in [1.807, 2.05) is 11.8 Å². The van der Waals surface area contributed by atoms with Crippen molar-refractivity contribution in [3.63, 3.8) is 0 Å². The molecule has 4 aromatic rings. The predicted molar refractivity (Wildman–Crippen MR) is 162 cm³/mol. The van der Waals surface area contributed by atoms with Gasteiger partial charge in [-0.15, -0.1) is 0 Å². The number of aromatic hydroxyl groups is 1. The van der Waals surface area contributed by atoms with Gasteiger partial charge in [0.15, 0.2) is 5.82 Å². The van der Waals surface area contributed by atoms with E-state index in [1.165, 1.54) is 24.4 Å². The molecule has 0 radical (unpaired) electrons. The average molecular weight is 608 g/mol. The van der Waals surface area contributed by atoms with Gasteiger partial charge in [-0.2, -0.15) is 9.97 Å². The molecule has 2 aromatic carbocycles. The Hall–Kier alpha value is -3.70. The first-order chi connectivity index (χ1) is 21.3. The van der Waals surface area contributed by atoms with Gasteiger partial charge < -0.3 is 19.8 Å². The van der Waals surface area contributed by atoms with Gasteiger partial charge in [0.05, 0.1) is 17.0 Å². The van der Waals surface area contributed by atoms with E-state index < -0.39 is 29.4 Å². The largest absolute Gasteiger partial charge is 0.508 e. The minimum absolute atomic E-state index is 0.0322. The number of phenols is 1. The number of alkyl halides is 1. The SMILES string of the molecule is CCc1c(F)ccc2cc(O)cc(-c3ncc4c(N5CCCC[C@H](O)C5)nc(OC[C@@]56CCCN5C[C@H](F)C6)nc4c3F)c12. The molecule has 11 heteroatoms. The second kappa shape index (κ2) is 11.3. The zero-order chi connectivity index (χ0) is 30.6. The number of phenolic OH excluding ortho intramolecular Hbond substituents is 1. The van der Waals surface area contributed by atoms with Crippen LogP contribution in [0.4, 0.5) is 19.0 Å². The molecule has 0 unspecified atom stereocenters. The highest BCUT2D eigenvalue weighted by Crippen LogP contribution is 2.42. The van der Waals surface area contributed by atoms with E-state index in [0.29, 0.717) is 66.4 Å². The standard InChI is InChI=1S/C33H36F3N5O3/c1-2-23-26(35)8-7-19-12-22(43)13-24(27(19)23)29-28(36)30-25(15-37-29)31(40-10-4-3-6-21(42)17-40)39-32(38-30)44-18-33-9-5-11-41(33)16-20(34)14-33/h7-8,12-13,15,20-21,42-43H,2-6,9-11,14,16-18H2,1H3/t20-,21+,33+/m1/s1. The maximum Gasteiger partial charge on any atom is 0.319 e. The number of hydrogen-bond acceptors (Lipinski definition) is 8. The van der Waals surface area contributed by atoms with E-state index in [1.54, 1.807) is 6.07 Å². The van der Waals surface area contributed by atoms with E-state index in [4.69, 9.17) is 9.72 Å². The quantitative estimate of drug-likeness (QED) is 0.289. The lowest BCUT2D eigenvalue weighted by Gasteiger charge is -2.31. The van der Waals surface area contributed by atoms with Crippen LogP contribution in [0.5, 0.6) is 11.8 Å². The zero-order valence-corrected chi connectivity index (χ0v) is 24.7. The third-order valence-corrected chi connectivity index (χ3v) is 9.58. The Morgan fingerprint density at radius 1 is 1.09 bits per heavy atom. The minimum atomic E-state index is -0.924. The monoisotopic (exact) mass is 607 g/mol. The van der Waals surface area contributed by atoms with Crippen LogP contribution >= 0.6 is 0 Å². The van der Waals surface area contributed by atoms with Gasteiger partial charge in [-0.05, 0) is 79.6 Å². The predicted octanol–water partition coefficient (Wildman–Crippen LogP) is 5.70. The van der Waals surface area contributed by atoms with E-state index >= 15 is 4.39 Å². The molecule has 7 rings (SSSR count). The molecular formula is C33H36F3N5O3. The zero-order valence-electron chi connectivity index (χ0n) is 24.7. The van der Waals surface area contributed by atoms with Crippen molar-refractivity contribution in [2.75, 3.05) is 37.7 Å². The first-order valence-electron chi connectivity index (χ1n) is 15.5. The molecule has 0 bridgehead atoms. The smallest absolute Gasteiger partial charge is 0.319 e. The Bertz CT molecular complexity index is 1740. The number of pyridine rings is 1. The number of rotatable bonds is 6. The lowest BCUT2D eigenvalue weighted by atomic mass is 9.94. The maximum atomic E-state index is 16.7. The van der Waals surface area contributed by atoms with Crippen molar-refractivity contribution < 1.29 is 28.1 Å². The number of ether oxygens (including phenoxy) is 1. The first-order valence-corrected chi connectivity index (χ1v) is 15.5. The third-order valence-electron chi connectivity index (χ3n) is 9.58. The average Bonchev–Trinajstić information content (AvgIpc) is 3.43. The van der Waals surface area contributed by atoms with Crippen LogP contribution in [0.1, 0.15) is 51.0 Å². The fourth-order valence-corrected chi connectivity index (χ4v) is 7.51. The Labute approximate surface area is 253 Å². The number of aryl methyl sites for hydroxylation is 1. The number of aromatic nitrogens is 3. The molecule has 0 aliphatic carbocycles. The molecular weight excluding hydrogens is 571 g/mol. The van der Waals surface area contributed by atoms with Gasteiger partial charge >= 0.3 is 6.01 Å². The number of fused-ring (bicyclic) bond motifs is 3. The summed E-state index contributed by atoms with van der Waals surface area (Å²) < 4.78 is 52.3. The van der Waals surface area contributed by atoms with Crippen molar-refractivity contribution in [3.05, 3.63) is 47.7 Å².